The number of phenols is 1. The number of hydrogen-bond donors (Lipinski definition) is 3. The van der Waals surface area contributed by atoms with E-state index in [9.17, 15) is 19.5 Å². The van der Waals surface area contributed by atoms with Gasteiger partial charge >= 0.3 is 0 Å². The number of piperazine rings is 1. The van der Waals surface area contributed by atoms with Crippen LogP contribution in [-0.4, -0.2) is 126 Å². The number of nitrogens with zero attached hydrogens (tertiary/aromatic N) is 7. The van der Waals surface area contributed by atoms with E-state index < -0.39 is 0 Å². The summed E-state index contributed by atoms with van der Waals surface area (Å²) in [5.41, 5.74) is 14.0. The first-order valence-electron chi connectivity index (χ1n) is 24.5. The Kier molecular flexibility index (Phi) is 11.6. The van der Waals surface area contributed by atoms with Crippen molar-refractivity contribution in [2.45, 2.75) is 81.7 Å². The lowest BCUT2D eigenvalue weighted by Crippen LogP contribution is -2.54. The van der Waals surface area contributed by atoms with E-state index in [4.69, 9.17) is 10.5 Å². The number of aromatic hydroxyl groups is 1. The second-order valence-electron chi connectivity index (χ2n) is 20.2. The highest BCUT2D eigenvalue weighted by molar-refractivity contribution is 6.02. The quantitative estimate of drug-likeness (QED) is 0.180. The van der Waals surface area contributed by atoms with Crippen LogP contribution in [0, 0.1) is 17.8 Å². The molecule has 14 nitrogen and oxygen atoms in total. The van der Waals surface area contributed by atoms with Gasteiger partial charge in [0.25, 0.3) is 0 Å². The number of rotatable bonds is 9. The number of aromatic nitrogens is 2. The largest absolute Gasteiger partial charge is 0.507 e. The summed E-state index contributed by atoms with van der Waals surface area (Å²) in [4.78, 5) is 49.7. The van der Waals surface area contributed by atoms with Crippen LogP contribution in [-0.2, 0) is 26.3 Å². The van der Waals surface area contributed by atoms with Crippen LogP contribution >= 0.6 is 0 Å². The van der Waals surface area contributed by atoms with E-state index >= 15 is 0 Å². The van der Waals surface area contributed by atoms with Gasteiger partial charge in [0.2, 0.25) is 17.7 Å². The lowest BCUT2D eigenvalue weighted by molar-refractivity contribution is -0.135. The number of likely N-dealkylation sites (tertiary alicyclic amines) is 1. The summed E-state index contributed by atoms with van der Waals surface area (Å²) < 4.78 is 6.27. The number of phenolic OH excluding ortho intramolecular Hbond substituents is 1. The van der Waals surface area contributed by atoms with Gasteiger partial charge < -0.3 is 30.3 Å². The Morgan fingerprint density at radius 2 is 1.64 bits per heavy atom. The lowest BCUT2D eigenvalue weighted by atomic mass is 9.51. The number of anilines is 3. The Hall–Kier alpha value is -5.73. The Bertz CT molecular complexity index is 2480. The van der Waals surface area contributed by atoms with E-state index in [-0.39, 0.29) is 34.9 Å². The molecule has 3 aromatic carbocycles. The summed E-state index contributed by atoms with van der Waals surface area (Å²) >= 11 is 0. The van der Waals surface area contributed by atoms with E-state index in [1.165, 1.54) is 36.0 Å². The molecule has 6 heterocycles. The monoisotopic (exact) mass is 893 g/mol. The van der Waals surface area contributed by atoms with Crippen molar-refractivity contribution in [1.29, 1.82) is 0 Å². The maximum absolute atomic E-state index is 13.6. The van der Waals surface area contributed by atoms with Crippen LogP contribution in [0.4, 0.5) is 17.2 Å². The van der Waals surface area contributed by atoms with Gasteiger partial charge in [-0.25, -0.2) is 0 Å². The second kappa shape index (κ2) is 17.8. The molecule has 2 aliphatic carbocycles. The van der Waals surface area contributed by atoms with Crippen molar-refractivity contribution in [1.82, 2.24) is 30.2 Å². The van der Waals surface area contributed by atoms with Crippen molar-refractivity contribution in [3.05, 3.63) is 89.5 Å². The van der Waals surface area contributed by atoms with E-state index in [1.807, 2.05) is 30.3 Å². The minimum absolute atomic E-state index is 0.192. The summed E-state index contributed by atoms with van der Waals surface area (Å²) in [5, 5.41) is 21.7. The lowest BCUT2D eigenvalue weighted by Gasteiger charge is -2.53. The zero-order valence-corrected chi connectivity index (χ0v) is 38.0. The Morgan fingerprint density at radius 1 is 0.818 bits per heavy atom. The number of carbonyl (C=O) groups excluding carboxylic acids is 3. The van der Waals surface area contributed by atoms with Crippen molar-refractivity contribution >= 4 is 34.9 Å². The highest BCUT2D eigenvalue weighted by Gasteiger charge is 2.59. The number of nitrogens with two attached hydrogens (primary N) is 1. The molecule has 5 atom stereocenters. The summed E-state index contributed by atoms with van der Waals surface area (Å²) in [6, 6.07) is 24.6. The standard InChI is InChI=1S/C52H63N9O5/c53-50-45(29-42(55-56-50)40-7-1-2-10-46(40)62)59-19-13-34-28-41-37(16-20-59)31-52(41,30-34)38-6-3-5-35(27-38)32-58-21-23-60(24-22-58)48(64)33-57-17-14-36(15-18-57)39-8-4-9-43-49(39)66-26-25-61(43)44-11-12-47(63)54-51(44)65/h1-10,27,29,34,36-37,41,44,62H,11-26,28,30-33H2,(H2,53,56)(H,54,63,65)/t34-,37-,41?,44?,52?/m0/s1. The normalized spacial score (nSPS) is 27.2. The predicted molar refractivity (Wildman–Crippen MR) is 253 cm³/mol. The van der Waals surface area contributed by atoms with Crippen LogP contribution in [0.5, 0.6) is 11.5 Å². The molecule has 346 valence electrons. The highest BCUT2D eigenvalue weighted by atomic mass is 16.5. The predicted octanol–water partition coefficient (Wildman–Crippen LogP) is 5.54. The van der Waals surface area contributed by atoms with Gasteiger partial charge in [-0.2, -0.15) is 0 Å². The minimum Gasteiger partial charge on any atom is -0.507 e. The third-order valence-corrected chi connectivity index (χ3v) is 16.6. The van der Waals surface area contributed by atoms with Crippen molar-refractivity contribution in [2.75, 3.05) is 87.6 Å². The third kappa shape index (κ3) is 8.14. The van der Waals surface area contributed by atoms with Gasteiger partial charge in [-0.3, -0.25) is 29.5 Å². The second-order valence-corrected chi connectivity index (χ2v) is 20.2. The number of carbonyl (C=O) groups is 3. The number of para-hydroxylation sites is 2. The fourth-order valence-corrected chi connectivity index (χ4v) is 13.1. The smallest absolute Gasteiger partial charge is 0.249 e. The molecule has 7 aliphatic rings. The Morgan fingerprint density at radius 3 is 2.47 bits per heavy atom. The first-order valence-corrected chi connectivity index (χ1v) is 24.5. The molecule has 3 unspecified atom stereocenters. The molecule has 3 amide bonds. The zero-order valence-electron chi connectivity index (χ0n) is 38.0. The average Bonchev–Trinajstić information content (AvgIpc) is 3.65. The van der Waals surface area contributed by atoms with Crippen molar-refractivity contribution < 1.29 is 24.2 Å². The summed E-state index contributed by atoms with van der Waals surface area (Å²) in [6.45, 7) is 9.37. The van der Waals surface area contributed by atoms with E-state index in [0.29, 0.717) is 73.3 Å². The Labute approximate surface area is 387 Å². The third-order valence-electron chi connectivity index (χ3n) is 16.6. The van der Waals surface area contributed by atoms with Gasteiger partial charge in [0.1, 0.15) is 24.1 Å². The molecule has 11 rings (SSSR count). The summed E-state index contributed by atoms with van der Waals surface area (Å²) in [7, 11) is 0. The molecule has 6 fully saturated rings. The number of imide groups is 1. The molecule has 1 aromatic heterocycles. The number of nitrogen functional groups attached to an aromatic ring is 1. The summed E-state index contributed by atoms with van der Waals surface area (Å²) in [5.74, 6) is 3.69. The molecule has 0 radical (unpaired) electrons. The number of benzene rings is 3. The first-order chi connectivity index (χ1) is 32.2. The molecule has 4 N–H and O–H groups in total. The van der Waals surface area contributed by atoms with Crippen LogP contribution in [0.15, 0.2) is 72.8 Å². The average molecular weight is 894 g/mol. The highest BCUT2D eigenvalue weighted by Crippen LogP contribution is 2.65. The molecule has 14 heteroatoms. The van der Waals surface area contributed by atoms with Crippen molar-refractivity contribution in [2.24, 2.45) is 17.8 Å². The van der Waals surface area contributed by atoms with Gasteiger partial charge in [-0.05, 0) is 134 Å². The van der Waals surface area contributed by atoms with Gasteiger partial charge in [0, 0.05) is 57.8 Å². The summed E-state index contributed by atoms with van der Waals surface area (Å²) in [6.07, 6.45) is 8.80. The van der Waals surface area contributed by atoms with Crippen LogP contribution in [0.2, 0.25) is 0 Å². The zero-order chi connectivity index (χ0) is 44.9. The van der Waals surface area contributed by atoms with E-state index in [1.54, 1.807) is 6.07 Å². The molecule has 66 heavy (non-hydrogen) atoms. The maximum Gasteiger partial charge on any atom is 0.249 e. The number of piperidine rings is 2. The molecule has 4 aromatic rings. The van der Waals surface area contributed by atoms with E-state index in [2.05, 4.69) is 76.4 Å². The number of hydrogen-bond acceptors (Lipinski definition) is 12. The van der Waals surface area contributed by atoms with Crippen molar-refractivity contribution in [3.63, 3.8) is 0 Å². The van der Waals surface area contributed by atoms with Gasteiger partial charge in [0.15, 0.2) is 5.82 Å². The molecular weight excluding hydrogens is 831 g/mol. The van der Waals surface area contributed by atoms with Crippen LogP contribution in [0.3, 0.4) is 0 Å². The number of fused-ring (bicyclic) bond motifs is 2. The van der Waals surface area contributed by atoms with Crippen LogP contribution in [0.25, 0.3) is 11.3 Å². The maximum atomic E-state index is 13.6. The topological polar surface area (TPSA) is 161 Å². The van der Waals surface area contributed by atoms with Gasteiger partial charge in [-0.15, -0.1) is 10.2 Å². The molecule has 2 bridgehead atoms. The Balaban J connectivity index is 0.659. The van der Waals surface area contributed by atoms with Gasteiger partial charge in [0.05, 0.1) is 30.2 Å². The number of nitrogens with one attached hydrogen (secondary N) is 1. The molecule has 5 aliphatic heterocycles. The molecular formula is C52H63N9O5. The fraction of sp³-hybridized carbons (Fsp3) is 0.519. The first kappa shape index (κ1) is 42.9. The molecule has 4 saturated heterocycles. The SMILES string of the molecule is Nc1nnc(-c2ccccc2O)cc1N1CC[C@H]2CC3[C@@H](CC1)CC3(c1cccc(CN3CCN(C(=O)CN4CCC(c5cccc6c5OCCN6C5CCC(=O)NC5=O)CC4)CC3)c1)C2. The number of ether oxygens (including phenoxy) is 1. The molecule has 0 spiro atoms. The minimum atomic E-state index is -0.364. The van der Waals surface area contributed by atoms with Crippen molar-refractivity contribution in [3.8, 4) is 22.8 Å². The van der Waals surface area contributed by atoms with Gasteiger partial charge in [-0.1, -0.05) is 48.5 Å². The molecule has 2 saturated carbocycles. The number of amides is 3. The fourth-order valence-electron chi connectivity index (χ4n) is 13.1. The van der Waals surface area contributed by atoms with E-state index in [0.717, 1.165) is 102 Å². The van der Waals surface area contributed by atoms with Crippen LogP contribution < -0.4 is 25.6 Å². The van der Waals surface area contributed by atoms with Crippen LogP contribution in [0.1, 0.15) is 80.4 Å².